The van der Waals surface area contributed by atoms with Crippen LogP contribution in [0.2, 0.25) is 5.02 Å². The molecule has 1 aromatic rings. The lowest BCUT2D eigenvalue weighted by Gasteiger charge is -2.27. The van der Waals surface area contributed by atoms with Crippen molar-refractivity contribution < 1.29 is 9.50 Å². The Kier molecular flexibility index (Phi) is 4.05. The van der Waals surface area contributed by atoms with Crippen molar-refractivity contribution in [2.75, 3.05) is 5.32 Å². The van der Waals surface area contributed by atoms with E-state index in [1.54, 1.807) is 12.1 Å². The van der Waals surface area contributed by atoms with E-state index >= 15 is 0 Å². The van der Waals surface area contributed by atoms with E-state index < -0.39 is 5.82 Å². The third-order valence-corrected chi connectivity index (χ3v) is 3.47. The number of aliphatic hydroxyl groups is 1. The van der Waals surface area contributed by atoms with Crippen molar-refractivity contribution in [2.24, 2.45) is 0 Å². The lowest BCUT2D eigenvalue weighted by Crippen LogP contribution is -2.29. The SMILES string of the molecule is N#Cc1c(F)cc(NC2CCCC(O)C2)cc1Cl. The molecule has 1 aliphatic carbocycles. The molecule has 0 aromatic heterocycles. The summed E-state index contributed by atoms with van der Waals surface area (Å²) in [5, 5.41) is 21.5. The monoisotopic (exact) mass is 268 g/mol. The van der Waals surface area contributed by atoms with Crippen LogP contribution >= 0.6 is 11.6 Å². The number of hydrogen-bond donors (Lipinski definition) is 2. The summed E-state index contributed by atoms with van der Waals surface area (Å²) < 4.78 is 13.5. The number of nitriles is 1. The topological polar surface area (TPSA) is 56.0 Å². The second kappa shape index (κ2) is 5.55. The van der Waals surface area contributed by atoms with Gasteiger partial charge in [0.15, 0.2) is 0 Å². The van der Waals surface area contributed by atoms with E-state index in [-0.39, 0.29) is 22.7 Å². The average Bonchev–Trinajstić information content (AvgIpc) is 2.28. The summed E-state index contributed by atoms with van der Waals surface area (Å²) in [5.41, 5.74) is 0.418. The number of benzene rings is 1. The first-order valence-electron chi connectivity index (χ1n) is 5.94. The molecule has 1 aromatic carbocycles. The molecule has 2 unspecified atom stereocenters. The van der Waals surface area contributed by atoms with Crippen LogP contribution in [0, 0.1) is 17.1 Å². The van der Waals surface area contributed by atoms with Crippen molar-refractivity contribution in [3.63, 3.8) is 0 Å². The molecule has 2 N–H and O–H groups in total. The van der Waals surface area contributed by atoms with Crippen molar-refractivity contribution >= 4 is 17.3 Å². The van der Waals surface area contributed by atoms with E-state index in [1.165, 1.54) is 6.07 Å². The predicted octanol–water partition coefficient (Wildman–Crippen LogP) is 3.07. The minimum atomic E-state index is -0.621. The van der Waals surface area contributed by atoms with Crippen LogP contribution in [-0.4, -0.2) is 17.3 Å². The minimum Gasteiger partial charge on any atom is -0.393 e. The number of hydrogen-bond acceptors (Lipinski definition) is 3. The highest BCUT2D eigenvalue weighted by atomic mass is 35.5. The van der Waals surface area contributed by atoms with Gasteiger partial charge in [-0.3, -0.25) is 0 Å². The van der Waals surface area contributed by atoms with E-state index in [9.17, 15) is 9.50 Å². The van der Waals surface area contributed by atoms with Crippen LogP contribution in [0.5, 0.6) is 0 Å². The van der Waals surface area contributed by atoms with Gasteiger partial charge < -0.3 is 10.4 Å². The highest BCUT2D eigenvalue weighted by Gasteiger charge is 2.20. The third kappa shape index (κ3) is 2.92. The summed E-state index contributed by atoms with van der Waals surface area (Å²) in [6.45, 7) is 0. The molecule has 96 valence electrons. The molecule has 1 saturated carbocycles. The van der Waals surface area contributed by atoms with Crippen LogP contribution < -0.4 is 5.32 Å². The van der Waals surface area contributed by atoms with Crippen molar-refractivity contribution in [1.29, 1.82) is 5.26 Å². The quantitative estimate of drug-likeness (QED) is 0.867. The number of aliphatic hydroxyl groups excluding tert-OH is 1. The summed E-state index contributed by atoms with van der Waals surface area (Å²) in [4.78, 5) is 0. The molecule has 0 aliphatic heterocycles. The molecule has 0 amide bonds. The maximum Gasteiger partial charge on any atom is 0.144 e. The van der Waals surface area contributed by atoms with E-state index in [4.69, 9.17) is 16.9 Å². The first-order valence-corrected chi connectivity index (χ1v) is 6.31. The van der Waals surface area contributed by atoms with E-state index in [2.05, 4.69) is 5.32 Å². The molecular weight excluding hydrogens is 255 g/mol. The average molecular weight is 269 g/mol. The minimum absolute atomic E-state index is 0.108. The zero-order valence-corrected chi connectivity index (χ0v) is 10.5. The fraction of sp³-hybridized carbons (Fsp3) is 0.462. The zero-order valence-electron chi connectivity index (χ0n) is 9.79. The number of nitrogens with one attached hydrogen (secondary N) is 1. The van der Waals surface area contributed by atoms with E-state index in [1.807, 2.05) is 0 Å². The second-order valence-electron chi connectivity index (χ2n) is 4.59. The highest BCUT2D eigenvalue weighted by Crippen LogP contribution is 2.27. The highest BCUT2D eigenvalue weighted by molar-refractivity contribution is 6.32. The van der Waals surface area contributed by atoms with Gasteiger partial charge in [0.25, 0.3) is 0 Å². The Balaban J connectivity index is 2.13. The molecule has 2 rings (SSSR count). The van der Waals surface area contributed by atoms with E-state index in [0.717, 1.165) is 19.3 Å². The Morgan fingerprint density at radius 1 is 1.44 bits per heavy atom. The molecule has 18 heavy (non-hydrogen) atoms. The summed E-state index contributed by atoms with van der Waals surface area (Å²) >= 11 is 5.83. The van der Waals surface area contributed by atoms with Crippen molar-refractivity contribution in [2.45, 2.75) is 37.8 Å². The van der Waals surface area contributed by atoms with Crippen LogP contribution in [0.15, 0.2) is 12.1 Å². The Hall–Kier alpha value is -1.31. The molecule has 0 radical (unpaired) electrons. The first kappa shape index (κ1) is 13.1. The number of nitrogens with zero attached hydrogens (tertiary/aromatic N) is 1. The van der Waals surface area contributed by atoms with Gasteiger partial charge in [-0.2, -0.15) is 5.26 Å². The molecule has 0 heterocycles. The van der Waals surface area contributed by atoms with E-state index in [0.29, 0.717) is 12.1 Å². The smallest absolute Gasteiger partial charge is 0.144 e. The Morgan fingerprint density at radius 2 is 2.22 bits per heavy atom. The lowest BCUT2D eigenvalue weighted by atomic mass is 9.93. The second-order valence-corrected chi connectivity index (χ2v) is 5.00. The van der Waals surface area contributed by atoms with Crippen molar-refractivity contribution in [3.8, 4) is 6.07 Å². The lowest BCUT2D eigenvalue weighted by molar-refractivity contribution is 0.124. The normalized spacial score (nSPS) is 23.4. The molecular formula is C13H14ClFN2O. The van der Waals surface area contributed by atoms with Gasteiger partial charge in [-0.1, -0.05) is 11.6 Å². The zero-order chi connectivity index (χ0) is 13.1. The van der Waals surface area contributed by atoms with Crippen molar-refractivity contribution in [3.05, 3.63) is 28.5 Å². The van der Waals surface area contributed by atoms with Gasteiger partial charge in [0, 0.05) is 11.7 Å². The van der Waals surface area contributed by atoms with Crippen molar-refractivity contribution in [1.82, 2.24) is 0 Å². The van der Waals surface area contributed by atoms with Gasteiger partial charge in [-0.15, -0.1) is 0 Å². The number of rotatable bonds is 2. The standard InChI is InChI=1S/C13H14ClFN2O/c14-12-5-9(6-13(15)11(12)7-16)17-8-2-1-3-10(18)4-8/h5-6,8,10,17-18H,1-4H2. The van der Waals surface area contributed by atoms with Gasteiger partial charge >= 0.3 is 0 Å². The molecule has 3 nitrogen and oxygen atoms in total. The van der Waals surface area contributed by atoms with Gasteiger partial charge in [0.1, 0.15) is 17.4 Å². The third-order valence-electron chi connectivity index (χ3n) is 3.17. The number of halogens is 2. The molecule has 0 saturated heterocycles. The largest absolute Gasteiger partial charge is 0.393 e. The molecule has 0 spiro atoms. The summed E-state index contributed by atoms with van der Waals surface area (Å²) in [6, 6.07) is 4.66. The molecule has 0 bridgehead atoms. The fourth-order valence-corrected chi connectivity index (χ4v) is 2.54. The van der Waals surface area contributed by atoms with Crippen LogP contribution in [0.4, 0.5) is 10.1 Å². The van der Waals surface area contributed by atoms with Gasteiger partial charge in [-0.25, -0.2) is 4.39 Å². The Labute approximate surface area is 110 Å². The maximum absolute atomic E-state index is 13.5. The first-order chi connectivity index (χ1) is 8.60. The number of anilines is 1. The van der Waals surface area contributed by atoms with Crippen LogP contribution in [-0.2, 0) is 0 Å². The Bertz CT molecular complexity index is 463. The fourth-order valence-electron chi connectivity index (χ4n) is 2.29. The molecule has 5 heteroatoms. The van der Waals surface area contributed by atoms with Gasteiger partial charge in [0.05, 0.1) is 11.1 Å². The predicted molar refractivity (Wildman–Crippen MR) is 68.0 cm³/mol. The molecule has 2 atom stereocenters. The Morgan fingerprint density at radius 3 is 2.83 bits per heavy atom. The van der Waals surface area contributed by atoms with Gasteiger partial charge in [0.2, 0.25) is 0 Å². The van der Waals surface area contributed by atoms with Gasteiger partial charge in [-0.05, 0) is 37.8 Å². The maximum atomic E-state index is 13.5. The molecule has 1 fully saturated rings. The van der Waals surface area contributed by atoms with Crippen LogP contribution in [0.3, 0.4) is 0 Å². The van der Waals surface area contributed by atoms with Crippen LogP contribution in [0.25, 0.3) is 0 Å². The summed E-state index contributed by atoms with van der Waals surface area (Å²) in [7, 11) is 0. The van der Waals surface area contributed by atoms with Crippen LogP contribution in [0.1, 0.15) is 31.2 Å². The molecule has 1 aliphatic rings. The summed E-state index contributed by atoms with van der Waals surface area (Å²) in [5.74, 6) is -0.621. The summed E-state index contributed by atoms with van der Waals surface area (Å²) in [6.07, 6.45) is 3.07.